The lowest BCUT2D eigenvalue weighted by Crippen LogP contribution is -2.40. The number of carbonyl (C=O) groups is 1. The Labute approximate surface area is 183 Å². The molecule has 2 N–H and O–H groups in total. The summed E-state index contributed by atoms with van der Waals surface area (Å²) in [5, 5.41) is 2.85. The molecule has 0 unspecified atom stereocenters. The number of piperidine rings is 1. The van der Waals surface area contributed by atoms with Gasteiger partial charge in [-0.25, -0.2) is 8.42 Å². The standard InChI is InChI=1S/C22H30N4O4S/c1-17-6-9-19(10-7-17)31(29,30)24-20-11-8-18(2)26(22(20)28)16-21(27)23-12-15-25-13-4-3-5-14-25/h6-11,24H,3-5,12-16H2,1-2H3,(H,23,27). The van der Waals surface area contributed by atoms with Crippen LogP contribution in [-0.2, 0) is 21.4 Å². The molecule has 3 rings (SSSR count). The first kappa shape index (κ1) is 23.0. The zero-order valence-electron chi connectivity index (χ0n) is 18.1. The van der Waals surface area contributed by atoms with Crippen molar-refractivity contribution in [2.75, 3.05) is 30.9 Å². The van der Waals surface area contributed by atoms with Gasteiger partial charge in [-0.1, -0.05) is 24.1 Å². The molecule has 1 aliphatic rings. The molecular formula is C22H30N4O4S. The molecule has 1 saturated heterocycles. The van der Waals surface area contributed by atoms with Gasteiger partial charge in [0.25, 0.3) is 15.6 Å². The number of likely N-dealkylation sites (tertiary alicyclic amines) is 1. The minimum atomic E-state index is -3.91. The smallest absolute Gasteiger partial charge is 0.275 e. The SMILES string of the molecule is Cc1ccc(S(=O)(=O)Nc2ccc(C)n(CC(=O)NCCN3CCCCC3)c2=O)cc1. The Morgan fingerprint density at radius 3 is 2.35 bits per heavy atom. The van der Waals surface area contributed by atoms with Crippen molar-refractivity contribution in [3.05, 3.63) is 58.0 Å². The summed E-state index contributed by atoms with van der Waals surface area (Å²) in [5.41, 5.74) is 0.867. The number of nitrogens with one attached hydrogen (secondary N) is 2. The van der Waals surface area contributed by atoms with E-state index in [0.29, 0.717) is 12.2 Å². The van der Waals surface area contributed by atoms with Crippen LogP contribution in [0, 0.1) is 13.8 Å². The molecule has 8 nitrogen and oxygen atoms in total. The van der Waals surface area contributed by atoms with E-state index in [4.69, 9.17) is 0 Å². The highest BCUT2D eigenvalue weighted by Crippen LogP contribution is 2.15. The van der Waals surface area contributed by atoms with Crippen LogP contribution in [0.15, 0.2) is 46.1 Å². The maximum atomic E-state index is 12.9. The number of hydrogen-bond donors (Lipinski definition) is 2. The van der Waals surface area contributed by atoms with E-state index >= 15 is 0 Å². The van der Waals surface area contributed by atoms with E-state index in [2.05, 4.69) is 14.9 Å². The fourth-order valence-corrected chi connectivity index (χ4v) is 4.66. The Morgan fingerprint density at radius 1 is 1.00 bits per heavy atom. The largest absolute Gasteiger partial charge is 0.353 e. The van der Waals surface area contributed by atoms with E-state index in [-0.39, 0.29) is 23.0 Å². The molecule has 2 heterocycles. The van der Waals surface area contributed by atoms with Gasteiger partial charge in [-0.3, -0.25) is 14.3 Å². The van der Waals surface area contributed by atoms with Crippen molar-refractivity contribution in [3.8, 4) is 0 Å². The number of aryl methyl sites for hydroxylation is 2. The molecule has 0 radical (unpaired) electrons. The van der Waals surface area contributed by atoms with Crippen LogP contribution in [0.2, 0.25) is 0 Å². The first-order valence-electron chi connectivity index (χ1n) is 10.6. The van der Waals surface area contributed by atoms with E-state index in [1.54, 1.807) is 25.1 Å². The maximum Gasteiger partial charge on any atom is 0.275 e. The van der Waals surface area contributed by atoms with E-state index in [1.165, 1.54) is 42.0 Å². The fraction of sp³-hybridized carbons (Fsp3) is 0.455. The van der Waals surface area contributed by atoms with Gasteiger partial charge in [0.15, 0.2) is 0 Å². The number of benzene rings is 1. The van der Waals surface area contributed by atoms with Crippen LogP contribution in [0.1, 0.15) is 30.5 Å². The van der Waals surface area contributed by atoms with Crippen LogP contribution < -0.4 is 15.6 Å². The van der Waals surface area contributed by atoms with E-state index in [0.717, 1.165) is 25.2 Å². The predicted octanol–water partition coefficient (Wildman–Crippen LogP) is 1.87. The number of aromatic nitrogens is 1. The van der Waals surface area contributed by atoms with Crippen molar-refractivity contribution >= 4 is 21.6 Å². The van der Waals surface area contributed by atoms with Gasteiger partial charge >= 0.3 is 0 Å². The fourth-order valence-electron chi connectivity index (χ4n) is 3.60. The average molecular weight is 447 g/mol. The van der Waals surface area contributed by atoms with Gasteiger partial charge in [-0.2, -0.15) is 0 Å². The van der Waals surface area contributed by atoms with Crippen molar-refractivity contribution in [2.45, 2.75) is 44.6 Å². The molecule has 1 aliphatic heterocycles. The summed E-state index contributed by atoms with van der Waals surface area (Å²) >= 11 is 0. The summed E-state index contributed by atoms with van der Waals surface area (Å²) in [6.45, 7) is 6.82. The van der Waals surface area contributed by atoms with E-state index < -0.39 is 15.6 Å². The Hall–Kier alpha value is -2.65. The molecule has 2 aromatic rings. The normalized spacial score (nSPS) is 14.9. The third-order valence-corrected chi connectivity index (χ3v) is 6.85. The summed E-state index contributed by atoms with van der Waals surface area (Å²) in [5.74, 6) is -0.277. The van der Waals surface area contributed by atoms with Crippen LogP contribution >= 0.6 is 0 Å². The number of anilines is 1. The number of rotatable bonds is 8. The topological polar surface area (TPSA) is 101 Å². The molecule has 9 heteroatoms. The molecule has 0 saturated carbocycles. The van der Waals surface area contributed by atoms with Crippen molar-refractivity contribution in [2.24, 2.45) is 0 Å². The van der Waals surface area contributed by atoms with E-state index in [1.807, 2.05) is 6.92 Å². The van der Waals surface area contributed by atoms with Crippen LogP contribution in [0.5, 0.6) is 0 Å². The van der Waals surface area contributed by atoms with Crippen LogP contribution in [0.4, 0.5) is 5.69 Å². The second kappa shape index (κ2) is 10.1. The molecule has 1 aromatic carbocycles. The Balaban J connectivity index is 1.66. The van der Waals surface area contributed by atoms with Gasteiger partial charge in [0.05, 0.1) is 4.90 Å². The van der Waals surface area contributed by atoms with Crippen molar-refractivity contribution in [3.63, 3.8) is 0 Å². The molecule has 0 aliphatic carbocycles. The average Bonchev–Trinajstić information content (AvgIpc) is 2.74. The maximum absolute atomic E-state index is 12.9. The summed E-state index contributed by atoms with van der Waals surface area (Å²) in [7, 11) is -3.91. The van der Waals surface area contributed by atoms with Crippen molar-refractivity contribution < 1.29 is 13.2 Å². The molecular weight excluding hydrogens is 416 g/mol. The van der Waals surface area contributed by atoms with Gasteiger partial charge in [-0.05, 0) is 64.0 Å². The van der Waals surface area contributed by atoms with Crippen molar-refractivity contribution in [1.29, 1.82) is 0 Å². The lowest BCUT2D eigenvalue weighted by Gasteiger charge is -2.26. The molecule has 0 atom stereocenters. The van der Waals surface area contributed by atoms with Gasteiger partial charge in [0, 0.05) is 18.8 Å². The Morgan fingerprint density at radius 2 is 1.68 bits per heavy atom. The first-order valence-corrected chi connectivity index (χ1v) is 12.0. The number of amides is 1. The van der Waals surface area contributed by atoms with Crippen LogP contribution in [0.25, 0.3) is 0 Å². The van der Waals surface area contributed by atoms with Gasteiger partial charge in [-0.15, -0.1) is 0 Å². The molecule has 0 spiro atoms. The number of carbonyl (C=O) groups excluding carboxylic acids is 1. The Bertz CT molecular complexity index is 1070. The monoisotopic (exact) mass is 446 g/mol. The lowest BCUT2D eigenvalue weighted by atomic mass is 10.1. The number of sulfonamides is 1. The highest BCUT2D eigenvalue weighted by Gasteiger charge is 2.18. The molecule has 168 valence electrons. The van der Waals surface area contributed by atoms with Crippen LogP contribution in [-0.4, -0.2) is 50.0 Å². The van der Waals surface area contributed by atoms with Gasteiger partial charge < -0.3 is 14.8 Å². The predicted molar refractivity (Wildman–Crippen MR) is 121 cm³/mol. The molecule has 1 amide bonds. The number of nitrogens with zero attached hydrogens (tertiary/aromatic N) is 2. The quantitative estimate of drug-likeness (QED) is 0.645. The zero-order valence-corrected chi connectivity index (χ0v) is 18.9. The summed E-state index contributed by atoms with van der Waals surface area (Å²) < 4.78 is 28.9. The molecule has 0 bridgehead atoms. The first-order chi connectivity index (χ1) is 14.8. The van der Waals surface area contributed by atoms with Crippen molar-refractivity contribution in [1.82, 2.24) is 14.8 Å². The summed E-state index contributed by atoms with van der Waals surface area (Å²) in [6, 6.07) is 9.40. The third-order valence-electron chi connectivity index (χ3n) is 5.47. The minimum Gasteiger partial charge on any atom is -0.353 e. The summed E-state index contributed by atoms with van der Waals surface area (Å²) in [6.07, 6.45) is 3.64. The zero-order chi connectivity index (χ0) is 22.4. The van der Waals surface area contributed by atoms with Gasteiger partial charge in [0.1, 0.15) is 12.2 Å². The number of pyridine rings is 1. The van der Waals surface area contributed by atoms with E-state index in [9.17, 15) is 18.0 Å². The highest BCUT2D eigenvalue weighted by molar-refractivity contribution is 7.92. The Kier molecular flexibility index (Phi) is 7.50. The summed E-state index contributed by atoms with van der Waals surface area (Å²) in [4.78, 5) is 27.6. The highest BCUT2D eigenvalue weighted by atomic mass is 32.2. The number of hydrogen-bond acceptors (Lipinski definition) is 5. The second-order valence-electron chi connectivity index (χ2n) is 7.95. The lowest BCUT2D eigenvalue weighted by molar-refractivity contribution is -0.121. The molecule has 1 fully saturated rings. The second-order valence-corrected chi connectivity index (χ2v) is 9.63. The molecule has 1 aromatic heterocycles. The third kappa shape index (κ3) is 6.18. The van der Waals surface area contributed by atoms with Gasteiger partial charge in [0.2, 0.25) is 5.91 Å². The molecule has 31 heavy (non-hydrogen) atoms. The minimum absolute atomic E-state index is 0.0695. The van der Waals surface area contributed by atoms with Crippen LogP contribution in [0.3, 0.4) is 0 Å².